The van der Waals surface area contributed by atoms with Crippen molar-refractivity contribution in [2.24, 2.45) is 16.7 Å². The summed E-state index contributed by atoms with van der Waals surface area (Å²) >= 11 is 2.18. The van der Waals surface area contributed by atoms with Crippen LogP contribution in [0.1, 0.15) is 33.6 Å². The molecule has 0 aromatic rings. The topological polar surface area (TPSA) is 12.0 Å². The van der Waals surface area contributed by atoms with Gasteiger partial charge in [0.2, 0.25) is 0 Å². The molecule has 2 fully saturated rings. The van der Waals surface area contributed by atoms with Crippen molar-refractivity contribution >= 4 is 11.8 Å². The summed E-state index contributed by atoms with van der Waals surface area (Å²) < 4.78 is 0. The Labute approximate surface area is 92.4 Å². The van der Waals surface area contributed by atoms with E-state index in [1.165, 1.54) is 37.4 Å². The number of hydrogen-bond acceptors (Lipinski definition) is 2. The molecule has 1 nitrogen and oxygen atoms in total. The molecule has 0 bridgehead atoms. The van der Waals surface area contributed by atoms with Gasteiger partial charge >= 0.3 is 0 Å². The van der Waals surface area contributed by atoms with E-state index in [0.717, 1.165) is 5.92 Å². The lowest BCUT2D eigenvalue weighted by atomic mass is 9.56. The predicted octanol–water partition coefficient (Wildman–Crippen LogP) is 2.77. The summed E-state index contributed by atoms with van der Waals surface area (Å²) in [4.78, 5) is 0. The van der Waals surface area contributed by atoms with E-state index in [4.69, 9.17) is 0 Å². The molecule has 82 valence electrons. The van der Waals surface area contributed by atoms with Crippen LogP contribution in [0.5, 0.6) is 0 Å². The molecule has 2 rings (SSSR count). The van der Waals surface area contributed by atoms with Crippen LogP contribution in [0.15, 0.2) is 0 Å². The second kappa shape index (κ2) is 3.71. The minimum atomic E-state index is 0.555. The van der Waals surface area contributed by atoms with Gasteiger partial charge in [-0.3, -0.25) is 0 Å². The molecule has 1 N–H and O–H groups in total. The SMILES string of the molecule is CC1CNCCC12CSCCC2(C)C. The number of rotatable bonds is 0. The normalized spacial score (nSPS) is 42.6. The second-order valence-corrected chi connectivity index (χ2v) is 6.80. The monoisotopic (exact) mass is 213 g/mol. The van der Waals surface area contributed by atoms with Crippen molar-refractivity contribution < 1.29 is 0 Å². The molecule has 2 aliphatic heterocycles. The Hall–Kier alpha value is 0.310. The third kappa shape index (κ3) is 1.51. The summed E-state index contributed by atoms with van der Waals surface area (Å²) in [6.45, 7) is 9.89. The lowest BCUT2D eigenvalue weighted by Crippen LogP contribution is -2.55. The summed E-state index contributed by atoms with van der Waals surface area (Å²) in [5.41, 5.74) is 1.17. The Morgan fingerprint density at radius 2 is 2.07 bits per heavy atom. The molecular weight excluding hydrogens is 190 g/mol. The number of thioether (sulfide) groups is 1. The van der Waals surface area contributed by atoms with Crippen molar-refractivity contribution in [3.05, 3.63) is 0 Å². The first-order valence-electron chi connectivity index (χ1n) is 5.87. The summed E-state index contributed by atoms with van der Waals surface area (Å²) in [7, 11) is 0. The molecule has 2 atom stereocenters. The van der Waals surface area contributed by atoms with Gasteiger partial charge in [-0.15, -0.1) is 0 Å². The Bertz CT molecular complexity index is 208. The predicted molar refractivity (Wildman–Crippen MR) is 64.8 cm³/mol. The van der Waals surface area contributed by atoms with Crippen LogP contribution in [0.2, 0.25) is 0 Å². The molecule has 0 amide bonds. The van der Waals surface area contributed by atoms with E-state index in [2.05, 4.69) is 37.8 Å². The minimum absolute atomic E-state index is 0.555. The van der Waals surface area contributed by atoms with Gasteiger partial charge in [-0.1, -0.05) is 20.8 Å². The summed E-state index contributed by atoms with van der Waals surface area (Å²) in [5, 5.41) is 3.53. The maximum atomic E-state index is 3.53. The van der Waals surface area contributed by atoms with Crippen LogP contribution in [0.4, 0.5) is 0 Å². The van der Waals surface area contributed by atoms with E-state index in [1.807, 2.05) is 0 Å². The number of piperidine rings is 1. The standard InChI is InChI=1S/C12H23NS/c1-10-8-13-6-4-12(10)9-14-7-5-11(12,2)3/h10,13H,4-9H2,1-3H3. The summed E-state index contributed by atoms with van der Waals surface area (Å²) in [6, 6.07) is 0. The van der Waals surface area contributed by atoms with Crippen LogP contribution >= 0.6 is 11.8 Å². The van der Waals surface area contributed by atoms with E-state index in [1.54, 1.807) is 0 Å². The first-order chi connectivity index (χ1) is 6.58. The highest BCUT2D eigenvalue weighted by Gasteiger charge is 2.50. The summed E-state index contributed by atoms with van der Waals surface area (Å²) in [6.07, 6.45) is 2.79. The van der Waals surface area contributed by atoms with Crippen molar-refractivity contribution in [3.63, 3.8) is 0 Å². The summed E-state index contributed by atoms with van der Waals surface area (Å²) in [5.74, 6) is 3.61. The molecule has 2 saturated heterocycles. The fourth-order valence-electron chi connectivity index (χ4n) is 3.32. The van der Waals surface area contributed by atoms with Gasteiger partial charge in [0.05, 0.1) is 0 Å². The average Bonchev–Trinajstić information content (AvgIpc) is 2.14. The molecule has 0 radical (unpaired) electrons. The molecule has 2 heteroatoms. The minimum Gasteiger partial charge on any atom is -0.316 e. The fraction of sp³-hybridized carbons (Fsp3) is 1.00. The number of nitrogens with one attached hydrogen (secondary N) is 1. The second-order valence-electron chi connectivity index (χ2n) is 5.70. The van der Waals surface area contributed by atoms with E-state index >= 15 is 0 Å². The highest BCUT2D eigenvalue weighted by molar-refractivity contribution is 7.99. The zero-order valence-electron chi connectivity index (χ0n) is 9.73. The van der Waals surface area contributed by atoms with E-state index in [-0.39, 0.29) is 0 Å². The Kier molecular flexibility index (Phi) is 2.87. The third-order valence-electron chi connectivity index (χ3n) is 4.72. The van der Waals surface area contributed by atoms with Crippen molar-refractivity contribution in [2.75, 3.05) is 24.6 Å². The van der Waals surface area contributed by atoms with Crippen LogP contribution in [-0.2, 0) is 0 Å². The average molecular weight is 213 g/mol. The molecule has 2 aliphatic rings. The molecule has 14 heavy (non-hydrogen) atoms. The maximum Gasteiger partial charge on any atom is -0.000217 e. The van der Waals surface area contributed by atoms with Crippen LogP contribution in [-0.4, -0.2) is 24.6 Å². The molecule has 0 aromatic heterocycles. The van der Waals surface area contributed by atoms with Crippen LogP contribution in [0, 0.1) is 16.7 Å². The highest BCUT2D eigenvalue weighted by atomic mass is 32.2. The van der Waals surface area contributed by atoms with Gasteiger partial charge in [0.25, 0.3) is 0 Å². The van der Waals surface area contributed by atoms with Crippen molar-refractivity contribution in [1.29, 1.82) is 0 Å². The Morgan fingerprint density at radius 1 is 1.29 bits per heavy atom. The van der Waals surface area contributed by atoms with Gasteiger partial charge in [-0.25, -0.2) is 0 Å². The Balaban J connectivity index is 2.25. The van der Waals surface area contributed by atoms with Gasteiger partial charge < -0.3 is 5.32 Å². The fourth-order valence-corrected chi connectivity index (χ4v) is 5.30. The molecule has 0 aliphatic carbocycles. The van der Waals surface area contributed by atoms with Crippen molar-refractivity contribution in [2.45, 2.75) is 33.6 Å². The molecular formula is C12H23NS. The van der Waals surface area contributed by atoms with E-state index in [9.17, 15) is 0 Å². The highest BCUT2D eigenvalue weighted by Crippen LogP contribution is 2.55. The molecule has 2 heterocycles. The number of hydrogen-bond donors (Lipinski definition) is 1. The molecule has 0 aromatic carbocycles. The largest absolute Gasteiger partial charge is 0.316 e. The van der Waals surface area contributed by atoms with E-state index in [0.29, 0.717) is 10.8 Å². The quantitative estimate of drug-likeness (QED) is 0.664. The molecule has 0 saturated carbocycles. The van der Waals surface area contributed by atoms with Crippen LogP contribution in [0.3, 0.4) is 0 Å². The molecule has 1 spiro atoms. The van der Waals surface area contributed by atoms with Crippen molar-refractivity contribution in [3.8, 4) is 0 Å². The van der Waals surface area contributed by atoms with E-state index < -0.39 is 0 Å². The van der Waals surface area contributed by atoms with Crippen LogP contribution in [0.25, 0.3) is 0 Å². The lowest BCUT2D eigenvalue weighted by molar-refractivity contribution is -0.000396. The van der Waals surface area contributed by atoms with Crippen LogP contribution < -0.4 is 5.32 Å². The maximum absolute atomic E-state index is 3.53. The van der Waals surface area contributed by atoms with Gasteiger partial charge in [-0.05, 0) is 54.2 Å². The van der Waals surface area contributed by atoms with Gasteiger partial charge in [0.15, 0.2) is 0 Å². The lowest BCUT2D eigenvalue weighted by Gasteiger charge is -2.56. The third-order valence-corrected chi connectivity index (χ3v) is 5.93. The van der Waals surface area contributed by atoms with Gasteiger partial charge in [0.1, 0.15) is 0 Å². The first-order valence-corrected chi connectivity index (χ1v) is 7.02. The molecule has 2 unspecified atom stereocenters. The van der Waals surface area contributed by atoms with Crippen molar-refractivity contribution in [1.82, 2.24) is 5.32 Å². The zero-order chi connectivity index (χ0) is 10.2. The Morgan fingerprint density at radius 3 is 2.71 bits per heavy atom. The zero-order valence-corrected chi connectivity index (χ0v) is 10.5. The smallest absolute Gasteiger partial charge is 0.000217 e. The first kappa shape index (κ1) is 10.8. The van der Waals surface area contributed by atoms with Gasteiger partial charge in [0, 0.05) is 0 Å². The van der Waals surface area contributed by atoms with Gasteiger partial charge in [-0.2, -0.15) is 11.8 Å².